The van der Waals surface area contributed by atoms with Gasteiger partial charge in [0.25, 0.3) is 0 Å². The summed E-state index contributed by atoms with van der Waals surface area (Å²) in [6.45, 7) is 12.6. The third kappa shape index (κ3) is 3.58. The van der Waals surface area contributed by atoms with Gasteiger partial charge >= 0.3 is 0 Å². The number of aromatic nitrogens is 1. The summed E-state index contributed by atoms with van der Waals surface area (Å²) < 4.78 is 0. The minimum Gasteiger partial charge on any atom is -0.261 e. The molecule has 0 aromatic carbocycles. The topological polar surface area (TPSA) is 12.9 Å². The van der Waals surface area contributed by atoms with E-state index in [-0.39, 0.29) is 0 Å². The molecule has 0 fully saturated rings. The molecule has 1 heterocycles. The minimum atomic E-state index is 0.586. The summed E-state index contributed by atoms with van der Waals surface area (Å²) in [4.78, 5) is 4.26. The normalized spacial score (nSPS) is 9.46. The molecule has 1 heteroatoms. The van der Waals surface area contributed by atoms with Gasteiger partial charge in [0.05, 0.1) is 0 Å². The molecular weight excluding hydrogens is 158 g/mol. The summed E-state index contributed by atoms with van der Waals surface area (Å²) in [5.74, 6) is 0.586. The lowest BCUT2D eigenvalue weighted by atomic mass is 10.0. The molecule has 0 atom stereocenters. The highest BCUT2D eigenvalue weighted by Gasteiger charge is 2.02. The quantitative estimate of drug-likeness (QED) is 0.638. The zero-order chi connectivity index (χ0) is 10.4. The number of hydrogen-bond acceptors (Lipinski definition) is 1. The van der Waals surface area contributed by atoms with Crippen LogP contribution in [0, 0.1) is 13.8 Å². The van der Waals surface area contributed by atoms with E-state index < -0.39 is 0 Å². The first kappa shape index (κ1) is 12.2. The average molecular weight is 179 g/mol. The molecule has 0 saturated heterocycles. The van der Waals surface area contributed by atoms with Crippen LogP contribution < -0.4 is 0 Å². The third-order valence-electron chi connectivity index (χ3n) is 1.91. The van der Waals surface area contributed by atoms with Crippen molar-refractivity contribution in [1.82, 2.24) is 4.98 Å². The predicted octanol–water partition coefficient (Wildman–Crippen LogP) is 3.85. The Morgan fingerprint density at radius 2 is 1.69 bits per heavy atom. The second-order valence-electron chi connectivity index (χ2n) is 3.34. The molecule has 0 radical (unpaired) electrons. The van der Waals surface area contributed by atoms with E-state index in [2.05, 4.69) is 31.8 Å². The van der Waals surface area contributed by atoms with E-state index >= 15 is 0 Å². The number of hydrogen-bond donors (Lipinski definition) is 0. The van der Waals surface area contributed by atoms with Gasteiger partial charge in [0.15, 0.2) is 0 Å². The molecule has 0 bridgehead atoms. The van der Waals surface area contributed by atoms with Crippen molar-refractivity contribution >= 4 is 0 Å². The molecule has 0 N–H and O–H groups in total. The molecule has 13 heavy (non-hydrogen) atoms. The summed E-state index contributed by atoms with van der Waals surface area (Å²) in [6.07, 6.45) is 1.98. The van der Waals surface area contributed by atoms with E-state index in [0.717, 1.165) is 5.69 Å². The van der Waals surface area contributed by atoms with Gasteiger partial charge < -0.3 is 0 Å². The van der Waals surface area contributed by atoms with Gasteiger partial charge in [0.1, 0.15) is 0 Å². The highest BCUT2D eigenvalue weighted by molar-refractivity contribution is 5.27. The monoisotopic (exact) mass is 179 g/mol. The van der Waals surface area contributed by atoms with Crippen molar-refractivity contribution in [3.63, 3.8) is 0 Å². The standard InChI is InChI=1S/C10H15N.C2H6/c1-7(2)10-6-11-9(4)5-8(10)3;1-2/h5-7H,1-4H3;1-2H3. The van der Waals surface area contributed by atoms with Crippen LogP contribution in [0.4, 0.5) is 0 Å². The fourth-order valence-electron chi connectivity index (χ4n) is 1.31. The van der Waals surface area contributed by atoms with Gasteiger partial charge in [-0.3, -0.25) is 4.98 Å². The SMILES string of the molecule is CC.Cc1cc(C)c(C(C)C)cn1. The van der Waals surface area contributed by atoms with E-state index in [1.165, 1.54) is 11.1 Å². The van der Waals surface area contributed by atoms with Gasteiger partial charge in [0.2, 0.25) is 0 Å². The fourth-order valence-corrected chi connectivity index (χ4v) is 1.31. The van der Waals surface area contributed by atoms with E-state index in [0.29, 0.717) is 5.92 Å². The first-order valence-electron chi connectivity index (χ1n) is 5.04. The zero-order valence-corrected chi connectivity index (χ0v) is 9.68. The lowest BCUT2D eigenvalue weighted by Crippen LogP contribution is -1.94. The molecule has 0 aliphatic rings. The van der Waals surface area contributed by atoms with Crippen LogP contribution >= 0.6 is 0 Å². The van der Waals surface area contributed by atoms with Crippen molar-refractivity contribution < 1.29 is 0 Å². The lowest BCUT2D eigenvalue weighted by Gasteiger charge is -2.08. The van der Waals surface area contributed by atoms with Crippen LogP contribution in [0.1, 0.15) is 50.4 Å². The second-order valence-corrected chi connectivity index (χ2v) is 3.34. The van der Waals surface area contributed by atoms with Gasteiger partial charge in [0, 0.05) is 11.9 Å². The molecule has 0 aliphatic heterocycles. The maximum atomic E-state index is 4.26. The average Bonchev–Trinajstić information content (AvgIpc) is 2.07. The van der Waals surface area contributed by atoms with Crippen LogP contribution in [0.5, 0.6) is 0 Å². The molecule has 0 amide bonds. The summed E-state index contributed by atoms with van der Waals surface area (Å²) in [5.41, 5.74) is 3.81. The summed E-state index contributed by atoms with van der Waals surface area (Å²) in [7, 11) is 0. The van der Waals surface area contributed by atoms with Gasteiger partial charge in [-0.2, -0.15) is 0 Å². The lowest BCUT2D eigenvalue weighted by molar-refractivity contribution is 0.844. The van der Waals surface area contributed by atoms with Crippen LogP contribution in [-0.2, 0) is 0 Å². The largest absolute Gasteiger partial charge is 0.261 e. The molecule has 0 unspecified atom stereocenters. The highest BCUT2D eigenvalue weighted by Crippen LogP contribution is 2.17. The first-order valence-corrected chi connectivity index (χ1v) is 5.04. The van der Waals surface area contributed by atoms with Gasteiger partial charge in [-0.05, 0) is 37.0 Å². The van der Waals surface area contributed by atoms with E-state index in [9.17, 15) is 0 Å². The Bertz CT molecular complexity index is 251. The van der Waals surface area contributed by atoms with Gasteiger partial charge in [-0.25, -0.2) is 0 Å². The van der Waals surface area contributed by atoms with Gasteiger partial charge in [-0.1, -0.05) is 27.7 Å². The first-order chi connectivity index (χ1) is 6.11. The molecule has 0 aliphatic carbocycles. The fraction of sp³-hybridized carbons (Fsp3) is 0.583. The van der Waals surface area contributed by atoms with Crippen molar-refractivity contribution in [3.8, 4) is 0 Å². The number of aryl methyl sites for hydroxylation is 2. The van der Waals surface area contributed by atoms with Crippen LogP contribution in [0.2, 0.25) is 0 Å². The summed E-state index contributed by atoms with van der Waals surface area (Å²) in [6, 6.07) is 2.13. The molecule has 0 spiro atoms. The minimum absolute atomic E-state index is 0.586. The Morgan fingerprint density at radius 3 is 2.08 bits per heavy atom. The molecular formula is C12H21N. The van der Waals surface area contributed by atoms with Crippen molar-refractivity contribution in [2.45, 2.75) is 47.5 Å². The van der Waals surface area contributed by atoms with Crippen LogP contribution in [0.3, 0.4) is 0 Å². The molecule has 1 aromatic rings. The molecule has 0 saturated carbocycles. The van der Waals surface area contributed by atoms with Crippen molar-refractivity contribution in [3.05, 3.63) is 29.1 Å². The Balaban J connectivity index is 0.000000671. The van der Waals surface area contributed by atoms with E-state index in [4.69, 9.17) is 0 Å². The molecule has 74 valence electrons. The van der Waals surface area contributed by atoms with Crippen molar-refractivity contribution in [2.75, 3.05) is 0 Å². The highest BCUT2D eigenvalue weighted by atomic mass is 14.7. The summed E-state index contributed by atoms with van der Waals surface area (Å²) in [5, 5.41) is 0. The number of pyridine rings is 1. The van der Waals surface area contributed by atoms with E-state index in [1.54, 1.807) is 0 Å². The van der Waals surface area contributed by atoms with Crippen molar-refractivity contribution in [1.29, 1.82) is 0 Å². The molecule has 1 aromatic heterocycles. The Hall–Kier alpha value is -0.850. The maximum absolute atomic E-state index is 4.26. The Kier molecular flexibility index (Phi) is 5.36. The second kappa shape index (κ2) is 5.74. The smallest absolute Gasteiger partial charge is 0.0375 e. The predicted molar refractivity (Wildman–Crippen MR) is 59.1 cm³/mol. The summed E-state index contributed by atoms with van der Waals surface area (Å²) >= 11 is 0. The third-order valence-corrected chi connectivity index (χ3v) is 1.91. The maximum Gasteiger partial charge on any atom is 0.0375 e. The van der Waals surface area contributed by atoms with Crippen LogP contribution in [0.15, 0.2) is 12.3 Å². The molecule has 1 rings (SSSR count). The Morgan fingerprint density at radius 1 is 1.15 bits per heavy atom. The van der Waals surface area contributed by atoms with Gasteiger partial charge in [-0.15, -0.1) is 0 Å². The number of rotatable bonds is 1. The number of nitrogens with zero attached hydrogens (tertiary/aromatic N) is 1. The van der Waals surface area contributed by atoms with E-state index in [1.807, 2.05) is 27.0 Å². The van der Waals surface area contributed by atoms with Crippen LogP contribution in [0.25, 0.3) is 0 Å². The molecule has 1 nitrogen and oxygen atoms in total. The zero-order valence-electron chi connectivity index (χ0n) is 9.68. The Labute approximate surface area is 82.2 Å². The van der Waals surface area contributed by atoms with Crippen molar-refractivity contribution in [2.24, 2.45) is 0 Å². The van der Waals surface area contributed by atoms with Crippen LogP contribution in [-0.4, -0.2) is 4.98 Å².